The van der Waals surface area contributed by atoms with Gasteiger partial charge >= 0.3 is 0 Å². The van der Waals surface area contributed by atoms with Crippen molar-refractivity contribution in [2.75, 3.05) is 0 Å². The quantitative estimate of drug-likeness (QED) is 0.639. The van der Waals surface area contributed by atoms with Gasteiger partial charge in [0.05, 0.1) is 0 Å². The molecule has 0 heterocycles. The minimum Gasteiger partial charge on any atom is -0.508 e. The van der Waals surface area contributed by atoms with Gasteiger partial charge in [-0.15, -0.1) is 0 Å². The molecule has 2 heteroatoms. The number of hydrogen-bond donors (Lipinski definition) is 1. The monoisotopic (exact) mass is 168 g/mol. The number of aliphatic hydroxyl groups excluding tert-OH is 1. The molecule has 0 unspecified atom stereocenters. The fraction of sp³-hybridized carbons (Fsp3) is 0.111. The summed E-state index contributed by atoms with van der Waals surface area (Å²) >= 11 is 5.66. The van der Waals surface area contributed by atoms with Crippen LogP contribution in [0.25, 0.3) is 5.76 Å². The highest BCUT2D eigenvalue weighted by Crippen LogP contribution is 2.14. The SMILES string of the molecule is CC=C(O)c1ccc(Cl)cc1. The largest absolute Gasteiger partial charge is 0.508 e. The molecule has 0 bridgehead atoms. The van der Waals surface area contributed by atoms with Gasteiger partial charge in [-0.05, 0) is 37.3 Å². The predicted octanol–water partition coefficient (Wildman–Crippen LogP) is 3.26. The molecule has 11 heavy (non-hydrogen) atoms. The summed E-state index contributed by atoms with van der Waals surface area (Å²) in [6.45, 7) is 1.78. The molecule has 1 aromatic carbocycles. The van der Waals surface area contributed by atoms with E-state index in [1.807, 2.05) is 0 Å². The lowest BCUT2D eigenvalue weighted by molar-refractivity contribution is 0.511. The molecule has 0 saturated heterocycles. The number of benzene rings is 1. The Morgan fingerprint density at radius 3 is 2.36 bits per heavy atom. The van der Waals surface area contributed by atoms with Gasteiger partial charge in [0, 0.05) is 10.6 Å². The number of aliphatic hydroxyl groups is 1. The van der Waals surface area contributed by atoms with Gasteiger partial charge in [0.2, 0.25) is 0 Å². The molecule has 0 saturated carbocycles. The van der Waals surface area contributed by atoms with Crippen molar-refractivity contribution >= 4 is 17.4 Å². The van der Waals surface area contributed by atoms with Crippen molar-refractivity contribution in [3.63, 3.8) is 0 Å². The lowest BCUT2D eigenvalue weighted by atomic mass is 10.2. The van der Waals surface area contributed by atoms with Crippen LogP contribution in [0.3, 0.4) is 0 Å². The predicted molar refractivity (Wildman–Crippen MR) is 47.7 cm³/mol. The minimum absolute atomic E-state index is 0.279. The fourth-order valence-corrected chi connectivity index (χ4v) is 0.913. The molecule has 0 fully saturated rings. The lowest BCUT2D eigenvalue weighted by Crippen LogP contribution is -1.79. The molecule has 0 radical (unpaired) electrons. The van der Waals surface area contributed by atoms with Crippen LogP contribution < -0.4 is 0 Å². The Kier molecular flexibility index (Phi) is 2.55. The van der Waals surface area contributed by atoms with Crippen molar-refractivity contribution in [3.05, 3.63) is 40.9 Å². The number of halogens is 1. The maximum absolute atomic E-state index is 9.24. The maximum atomic E-state index is 9.24. The Morgan fingerprint density at radius 2 is 1.91 bits per heavy atom. The summed E-state index contributed by atoms with van der Waals surface area (Å²) < 4.78 is 0. The molecule has 1 rings (SSSR count). The molecule has 0 atom stereocenters. The lowest BCUT2D eigenvalue weighted by Gasteiger charge is -1.97. The van der Waals surface area contributed by atoms with Crippen molar-refractivity contribution < 1.29 is 5.11 Å². The molecule has 1 nitrogen and oxygen atoms in total. The van der Waals surface area contributed by atoms with Gasteiger partial charge in [0.25, 0.3) is 0 Å². The summed E-state index contributed by atoms with van der Waals surface area (Å²) in [4.78, 5) is 0. The van der Waals surface area contributed by atoms with Crippen LogP contribution in [0, 0.1) is 0 Å². The summed E-state index contributed by atoms with van der Waals surface area (Å²) in [5.41, 5.74) is 0.789. The minimum atomic E-state index is 0.279. The Labute approximate surface area is 70.9 Å². The molecule has 0 aromatic heterocycles. The molecule has 0 aliphatic rings. The summed E-state index contributed by atoms with van der Waals surface area (Å²) in [7, 11) is 0. The molecule has 0 amide bonds. The molecule has 1 aromatic rings. The second kappa shape index (κ2) is 3.44. The van der Waals surface area contributed by atoms with Gasteiger partial charge in [0.15, 0.2) is 0 Å². The Bertz CT molecular complexity index is 261. The summed E-state index contributed by atoms with van der Waals surface area (Å²) in [5, 5.41) is 9.92. The fourth-order valence-electron chi connectivity index (χ4n) is 0.787. The van der Waals surface area contributed by atoms with Crippen LogP contribution in [-0.2, 0) is 0 Å². The smallest absolute Gasteiger partial charge is 0.118 e. The van der Waals surface area contributed by atoms with Crippen molar-refractivity contribution in [2.24, 2.45) is 0 Å². The molecule has 1 N–H and O–H groups in total. The van der Waals surface area contributed by atoms with Gasteiger partial charge in [-0.25, -0.2) is 0 Å². The van der Waals surface area contributed by atoms with E-state index in [1.54, 1.807) is 37.3 Å². The average Bonchev–Trinajstić information content (AvgIpc) is 2.05. The van der Waals surface area contributed by atoms with Crippen molar-refractivity contribution in [3.8, 4) is 0 Å². The van der Waals surface area contributed by atoms with Crippen LogP contribution in [0.2, 0.25) is 5.02 Å². The highest BCUT2D eigenvalue weighted by molar-refractivity contribution is 6.30. The van der Waals surface area contributed by atoms with E-state index in [2.05, 4.69) is 0 Å². The maximum Gasteiger partial charge on any atom is 0.118 e. The highest BCUT2D eigenvalue weighted by Gasteiger charge is 1.95. The third-order valence-electron chi connectivity index (χ3n) is 1.41. The van der Waals surface area contributed by atoms with Crippen molar-refractivity contribution in [2.45, 2.75) is 6.92 Å². The zero-order valence-corrected chi connectivity index (χ0v) is 6.97. The molecule has 58 valence electrons. The highest BCUT2D eigenvalue weighted by atomic mass is 35.5. The van der Waals surface area contributed by atoms with Gasteiger partial charge in [-0.1, -0.05) is 11.6 Å². The Balaban J connectivity index is 2.99. The van der Waals surface area contributed by atoms with Gasteiger partial charge < -0.3 is 5.11 Å². The van der Waals surface area contributed by atoms with Crippen LogP contribution in [0.5, 0.6) is 0 Å². The first-order valence-corrected chi connectivity index (χ1v) is 3.73. The Morgan fingerprint density at radius 1 is 1.36 bits per heavy atom. The number of allylic oxidation sites excluding steroid dienone is 1. The van der Waals surface area contributed by atoms with Crippen LogP contribution >= 0.6 is 11.6 Å². The van der Waals surface area contributed by atoms with E-state index in [-0.39, 0.29) is 5.76 Å². The first kappa shape index (κ1) is 8.15. The van der Waals surface area contributed by atoms with E-state index < -0.39 is 0 Å². The zero-order chi connectivity index (χ0) is 8.27. The topological polar surface area (TPSA) is 20.2 Å². The third kappa shape index (κ3) is 1.99. The van der Waals surface area contributed by atoms with Crippen LogP contribution in [0.1, 0.15) is 12.5 Å². The van der Waals surface area contributed by atoms with E-state index in [1.165, 1.54) is 0 Å². The van der Waals surface area contributed by atoms with E-state index in [0.717, 1.165) is 5.56 Å². The summed E-state index contributed by atoms with van der Waals surface area (Å²) in [6.07, 6.45) is 1.64. The Hall–Kier alpha value is -0.950. The average molecular weight is 169 g/mol. The first-order chi connectivity index (χ1) is 5.24. The van der Waals surface area contributed by atoms with E-state index in [9.17, 15) is 5.11 Å². The second-order valence-electron chi connectivity index (χ2n) is 2.18. The van der Waals surface area contributed by atoms with Crippen LogP contribution in [0.4, 0.5) is 0 Å². The van der Waals surface area contributed by atoms with E-state index in [0.29, 0.717) is 5.02 Å². The van der Waals surface area contributed by atoms with Crippen molar-refractivity contribution in [1.29, 1.82) is 0 Å². The molecular weight excluding hydrogens is 160 g/mol. The van der Waals surface area contributed by atoms with Crippen molar-refractivity contribution in [1.82, 2.24) is 0 Å². The zero-order valence-electron chi connectivity index (χ0n) is 6.21. The molecular formula is C9H9ClO. The first-order valence-electron chi connectivity index (χ1n) is 3.35. The van der Waals surface area contributed by atoms with Gasteiger partial charge in [-0.2, -0.15) is 0 Å². The third-order valence-corrected chi connectivity index (χ3v) is 1.67. The summed E-state index contributed by atoms with van der Waals surface area (Å²) in [5.74, 6) is 0.279. The normalized spacial score (nSPS) is 11.6. The molecule has 0 aliphatic carbocycles. The molecule has 0 spiro atoms. The van der Waals surface area contributed by atoms with Crippen LogP contribution in [0.15, 0.2) is 30.3 Å². The number of hydrogen-bond acceptors (Lipinski definition) is 1. The molecule has 0 aliphatic heterocycles. The standard InChI is InChI=1S/C9H9ClO/c1-2-9(11)7-3-5-8(10)6-4-7/h2-6,11H,1H3. The van der Waals surface area contributed by atoms with Gasteiger partial charge in [0.1, 0.15) is 5.76 Å². The van der Waals surface area contributed by atoms with Crippen LogP contribution in [-0.4, -0.2) is 5.11 Å². The van der Waals surface area contributed by atoms with E-state index >= 15 is 0 Å². The van der Waals surface area contributed by atoms with E-state index in [4.69, 9.17) is 11.6 Å². The van der Waals surface area contributed by atoms with Gasteiger partial charge in [-0.3, -0.25) is 0 Å². The number of rotatable bonds is 1. The second-order valence-corrected chi connectivity index (χ2v) is 2.62. The summed E-state index contributed by atoms with van der Waals surface area (Å²) in [6, 6.07) is 7.04.